The summed E-state index contributed by atoms with van der Waals surface area (Å²) in [5, 5.41) is 12.3. The van der Waals surface area contributed by atoms with E-state index in [4.69, 9.17) is 10.00 Å². The van der Waals surface area contributed by atoms with Crippen LogP contribution < -0.4 is 5.32 Å². The van der Waals surface area contributed by atoms with Gasteiger partial charge in [-0.05, 0) is 37.8 Å². The molecule has 1 aromatic rings. The average molecular weight is 259 g/mol. The molecular formula is C15H21N3O. The van der Waals surface area contributed by atoms with E-state index in [1.54, 1.807) is 6.07 Å². The topological polar surface area (TPSA) is 57.9 Å². The highest BCUT2D eigenvalue weighted by molar-refractivity contribution is 5.39. The van der Waals surface area contributed by atoms with E-state index in [-0.39, 0.29) is 5.60 Å². The first-order valence-electron chi connectivity index (χ1n) is 6.99. The fourth-order valence-corrected chi connectivity index (χ4v) is 2.68. The zero-order chi connectivity index (χ0) is 13.7. The summed E-state index contributed by atoms with van der Waals surface area (Å²) in [4.78, 5) is 4.27. The lowest BCUT2D eigenvalue weighted by Crippen LogP contribution is -2.43. The second-order valence-electron chi connectivity index (χ2n) is 5.09. The number of rotatable bonds is 4. The summed E-state index contributed by atoms with van der Waals surface area (Å²) in [5.74, 6) is 0.784. The van der Waals surface area contributed by atoms with Gasteiger partial charge >= 0.3 is 0 Å². The molecule has 1 saturated heterocycles. The minimum absolute atomic E-state index is 0.00273. The maximum absolute atomic E-state index is 8.87. The van der Waals surface area contributed by atoms with Crippen LogP contribution >= 0.6 is 0 Å². The normalized spacial score (nSPS) is 21.6. The van der Waals surface area contributed by atoms with Gasteiger partial charge in [-0.1, -0.05) is 19.9 Å². The SMILES string of the molecule is CCC1(CC)CC(Nc2cccc(C#N)n2)CCO1. The molecule has 1 unspecified atom stereocenters. The fraction of sp³-hybridized carbons (Fsp3) is 0.600. The van der Waals surface area contributed by atoms with Gasteiger partial charge in [0.05, 0.1) is 5.60 Å². The van der Waals surface area contributed by atoms with Gasteiger partial charge in [0, 0.05) is 12.6 Å². The van der Waals surface area contributed by atoms with Crippen LogP contribution in [0.1, 0.15) is 45.2 Å². The van der Waals surface area contributed by atoms with Crippen molar-refractivity contribution in [2.75, 3.05) is 11.9 Å². The molecule has 4 heteroatoms. The minimum Gasteiger partial charge on any atom is -0.375 e. The van der Waals surface area contributed by atoms with Crippen LogP contribution in [0.15, 0.2) is 18.2 Å². The van der Waals surface area contributed by atoms with Gasteiger partial charge in [-0.2, -0.15) is 5.26 Å². The van der Waals surface area contributed by atoms with Crippen LogP contribution in [-0.4, -0.2) is 23.2 Å². The molecule has 0 amide bonds. The zero-order valence-electron chi connectivity index (χ0n) is 11.6. The molecule has 1 fully saturated rings. The van der Waals surface area contributed by atoms with Crippen LogP contribution in [0.5, 0.6) is 0 Å². The predicted octanol–water partition coefficient (Wildman–Crippen LogP) is 3.10. The first kappa shape index (κ1) is 13.8. The third-order valence-corrected chi connectivity index (χ3v) is 4.00. The number of hydrogen-bond acceptors (Lipinski definition) is 4. The Kier molecular flexibility index (Phi) is 4.39. The largest absolute Gasteiger partial charge is 0.375 e. The fourth-order valence-electron chi connectivity index (χ4n) is 2.68. The maximum Gasteiger partial charge on any atom is 0.142 e. The van der Waals surface area contributed by atoms with Crippen LogP contribution in [-0.2, 0) is 4.74 Å². The molecule has 1 atom stereocenters. The molecule has 1 aliphatic heterocycles. The van der Waals surface area contributed by atoms with Crippen molar-refractivity contribution in [2.24, 2.45) is 0 Å². The minimum atomic E-state index is 0.00273. The highest BCUT2D eigenvalue weighted by atomic mass is 16.5. The summed E-state index contributed by atoms with van der Waals surface area (Å²) in [6.45, 7) is 5.15. The standard InChI is InChI=1S/C15H21N3O/c1-3-15(4-2)10-12(8-9-19-15)17-14-7-5-6-13(11-16)18-14/h5-7,12H,3-4,8-10H2,1-2H3,(H,17,18). The molecule has 2 rings (SSSR count). The molecule has 0 aliphatic carbocycles. The van der Waals surface area contributed by atoms with Gasteiger partial charge < -0.3 is 10.1 Å². The molecule has 0 bridgehead atoms. The molecule has 2 heterocycles. The zero-order valence-corrected chi connectivity index (χ0v) is 11.6. The first-order chi connectivity index (χ1) is 9.21. The van der Waals surface area contributed by atoms with Gasteiger partial charge in [0.1, 0.15) is 17.6 Å². The second kappa shape index (κ2) is 6.03. The van der Waals surface area contributed by atoms with E-state index in [0.29, 0.717) is 11.7 Å². The Labute approximate surface area is 114 Å². The van der Waals surface area contributed by atoms with E-state index in [2.05, 4.69) is 30.2 Å². The highest BCUT2D eigenvalue weighted by Crippen LogP contribution is 2.32. The lowest BCUT2D eigenvalue weighted by molar-refractivity contribution is -0.0864. The summed E-state index contributed by atoms with van der Waals surface area (Å²) >= 11 is 0. The number of anilines is 1. The molecule has 0 saturated carbocycles. The van der Waals surface area contributed by atoms with E-state index in [1.807, 2.05) is 12.1 Å². The van der Waals surface area contributed by atoms with Gasteiger partial charge in [-0.15, -0.1) is 0 Å². The Bertz CT molecular complexity index is 463. The molecular weight excluding hydrogens is 238 g/mol. The van der Waals surface area contributed by atoms with Gasteiger partial charge in [0.15, 0.2) is 0 Å². The van der Waals surface area contributed by atoms with E-state index in [0.717, 1.165) is 38.1 Å². The lowest BCUT2D eigenvalue weighted by atomic mass is 9.86. The van der Waals surface area contributed by atoms with Gasteiger partial charge in [-0.3, -0.25) is 0 Å². The number of aromatic nitrogens is 1. The molecule has 0 aromatic carbocycles. The monoisotopic (exact) mass is 259 g/mol. The summed E-state index contributed by atoms with van der Waals surface area (Å²) in [7, 11) is 0. The molecule has 1 aliphatic rings. The number of ether oxygens (including phenoxy) is 1. The number of nitrogens with one attached hydrogen (secondary N) is 1. The van der Waals surface area contributed by atoms with Crippen molar-refractivity contribution in [2.45, 2.75) is 51.2 Å². The van der Waals surface area contributed by atoms with Crippen LogP contribution in [0.2, 0.25) is 0 Å². The van der Waals surface area contributed by atoms with Gasteiger partial charge in [0.25, 0.3) is 0 Å². The van der Waals surface area contributed by atoms with Crippen molar-refractivity contribution >= 4 is 5.82 Å². The smallest absolute Gasteiger partial charge is 0.142 e. The molecule has 4 nitrogen and oxygen atoms in total. The summed E-state index contributed by atoms with van der Waals surface area (Å²) in [6.07, 6.45) is 4.05. The molecule has 0 radical (unpaired) electrons. The average Bonchev–Trinajstić information content (AvgIpc) is 2.47. The van der Waals surface area contributed by atoms with Crippen LogP contribution in [0.3, 0.4) is 0 Å². The number of nitrogens with zero attached hydrogens (tertiary/aromatic N) is 2. The van der Waals surface area contributed by atoms with Gasteiger partial charge in [-0.25, -0.2) is 4.98 Å². The van der Waals surface area contributed by atoms with Crippen LogP contribution in [0, 0.1) is 11.3 Å². The van der Waals surface area contributed by atoms with Crippen molar-refractivity contribution in [3.63, 3.8) is 0 Å². The summed E-state index contributed by atoms with van der Waals surface area (Å²) < 4.78 is 5.96. The first-order valence-corrected chi connectivity index (χ1v) is 6.99. The molecule has 1 aromatic heterocycles. The quantitative estimate of drug-likeness (QED) is 0.902. The van der Waals surface area contributed by atoms with Crippen LogP contribution in [0.4, 0.5) is 5.82 Å². The molecule has 1 N–H and O–H groups in total. The Hall–Kier alpha value is -1.60. The Morgan fingerprint density at radius 3 is 2.95 bits per heavy atom. The summed E-state index contributed by atoms with van der Waals surface area (Å²) in [6, 6.07) is 7.93. The van der Waals surface area contributed by atoms with Crippen molar-refractivity contribution in [1.29, 1.82) is 5.26 Å². The summed E-state index contributed by atoms with van der Waals surface area (Å²) in [5.41, 5.74) is 0.456. The van der Waals surface area contributed by atoms with E-state index in [9.17, 15) is 0 Å². The Balaban J connectivity index is 2.04. The number of nitriles is 1. The lowest BCUT2D eigenvalue weighted by Gasteiger charge is -2.40. The Morgan fingerprint density at radius 1 is 1.47 bits per heavy atom. The molecule has 102 valence electrons. The van der Waals surface area contributed by atoms with E-state index >= 15 is 0 Å². The van der Waals surface area contributed by atoms with Crippen molar-refractivity contribution < 1.29 is 4.74 Å². The van der Waals surface area contributed by atoms with Crippen molar-refractivity contribution in [3.05, 3.63) is 23.9 Å². The van der Waals surface area contributed by atoms with Gasteiger partial charge in [0.2, 0.25) is 0 Å². The van der Waals surface area contributed by atoms with E-state index < -0.39 is 0 Å². The number of hydrogen-bond donors (Lipinski definition) is 1. The Morgan fingerprint density at radius 2 is 2.26 bits per heavy atom. The number of pyridine rings is 1. The van der Waals surface area contributed by atoms with Crippen LogP contribution in [0.25, 0.3) is 0 Å². The van der Waals surface area contributed by atoms with Crippen molar-refractivity contribution in [3.8, 4) is 6.07 Å². The third-order valence-electron chi connectivity index (χ3n) is 4.00. The van der Waals surface area contributed by atoms with E-state index in [1.165, 1.54) is 0 Å². The second-order valence-corrected chi connectivity index (χ2v) is 5.09. The third kappa shape index (κ3) is 3.24. The molecule has 0 spiro atoms. The highest BCUT2D eigenvalue weighted by Gasteiger charge is 2.34. The van der Waals surface area contributed by atoms with Crippen molar-refractivity contribution in [1.82, 2.24) is 4.98 Å². The molecule has 19 heavy (non-hydrogen) atoms. The maximum atomic E-state index is 8.87. The predicted molar refractivity (Wildman–Crippen MR) is 74.9 cm³/mol.